The highest BCUT2D eigenvalue weighted by Crippen LogP contribution is 2.26. The minimum atomic E-state index is -0.402. The topological polar surface area (TPSA) is 110 Å². The molecule has 1 N–H and O–H groups in total. The van der Waals surface area contributed by atoms with Gasteiger partial charge in [-0.1, -0.05) is 13.8 Å². The third-order valence-electron chi connectivity index (χ3n) is 4.48. The summed E-state index contributed by atoms with van der Waals surface area (Å²) >= 11 is -0.0630. The van der Waals surface area contributed by atoms with Crippen LogP contribution in [0.5, 0.6) is 0 Å². The summed E-state index contributed by atoms with van der Waals surface area (Å²) < 4.78 is 21.3. The average Bonchev–Trinajstić information content (AvgIpc) is 3.41. The second-order valence-electron chi connectivity index (χ2n) is 6.59. The van der Waals surface area contributed by atoms with Crippen LogP contribution in [0, 0.1) is 11.3 Å². The van der Waals surface area contributed by atoms with E-state index in [0.29, 0.717) is 29.2 Å². The maximum atomic E-state index is 13.4. The monoisotopic (exact) mass is 455 g/mol. The summed E-state index contributed by atoms with van der Waals surface area (Å²) in [5.74, 6) is -0.402. The highest BCUT2D eigenvalue weighted by Gasteiger charge is 2.21. The van der Waals surface area contributed by atoms with Crippen molar-refractivity contribution in [3.63, 3.8) is 0 Å². The maximum absolute atomic E-state index is 13.4. The van der Waals surface area contributed by atoms with E-state index in [-0.39, 0.29) is 35.1 Å². The predicted octanol–water partition coefficient (Wildman–Crippen LogP) is 3.79. The molecule has 0 radical (unpaired) electrons. The first-order valence-corrected chi connectivity index (χ1v) is 10.6. The Morgan fingerprint density at radius 1 is 1.38 bits per heavy atom. The quantitative estimate of drug-likeness (QED) is 0.471. The number of halogens is 1. The summed E-state index contributed by atoms with van der Waals surface area (Å²) in [7, 11) is 1.54. The van der Waals surface area contributed by atoms with E-state index in [0.717, 1.165) is 3.97 Å². The number of amides is 1. The lowest BCUT2D eigenvalue weighted by atomic mass is 10.2. The second-order valence-corrected chi connectivity index (χ2v) is 7.13. The van der Waals surface area contributed by atoms with Crippen LogP contribution < -0.4 is 5.32 Å². The molecule has 0 saturated carbocycles. The maximum Gasteiger partial charge on any atom is 0.255 e. The van der Waals surface area contributed by atoms with E-state index < -0.39 is 5.91 Å². The summed E-state index contributed by atoms with van der Waals surface area (Å²) in [6.07, 6.45) is 6.17. The standard InChI is InChI=1S/C19H16FN7O2S.C2H6/c1-11(10-29-2)24-19(28)13-9-27(30-20)18-17(13)25-14(7-23-18)15-8-22-16-5-12(6-21)3-4-26(15)16;1-2/h3-5,7-9,11H,10H2,1-2H3,(H,24,28);1-2H3. The van der Waals surface area contributed by atoms with E-state index in [1.165, 1.54) is 12.4 Å². The molecule has 0 saturated heterocycles. The van der Waals surface area contributed by atoms with Gasteiger partial charge in [0.1, 0.15) is 16.9 Å². The molecule has 1 amide bonds. The van der Waals surface area contributed by atoms with Crippen molar-refractivity contribution >= 4 is 35.1 Å². The average molecular weight is 456 g/mol. The smallest absolute Gasteiger partial charge is 0.255 e. The van der Waals surface area contributed by atoms with Gasteiger partial charge in [0.15, 0.2) is 18.0 Å². The second kappa shape index (κ2) is 10.2. The van der Waals surface area contributed by atoms with Crippen molar-refractivity contribution in [1.82, 2.24) is 28.6 Å². The zero-order valence-electron chi connectivity index (χ0n) is 18.0. The Hall–Kier alpha value is -3.49. The molecule has 32 heavy (non-hydrogen) atoms. The van der Waals surface area contributed by atoms with E-state index in [4.69, 9.17) is 10.00 Å². The number of ether oxygens (including phenoxy) is 1. The lowest BCUT2D eigenvalue weighted by Crippen LogP contribution is -2.35. The Kier molecular flexibility index (Phi) is 7.40. The summed E-state index contributed by atoms with van der Waals surface area (Å²) in [5, 5.41) is 11.9. The molecule has 11 heteroatoms. The van der Waals surface area contributed by atoms with E-state index in [2.05, 4.69) is 26.3 Å². The molecule has 9 nitrogen and oxygen atoms in total. The number of carbonyl (C=O) groups is 1. The van der Waals surface area contributed by atoms with Gasteiger partial charge in [0.25, 0.3) is 5.91 Å². The van der Waals surface area contributed by atoms with Crippen LogP contribution in [0.3, 0.4) is 0 Å². The minimum Gasteiger partial charge on any atom is -0.383 e. The van der Waals surface area contributed by atoms with Gasteiger partial charge >= 0.3 is 0 Å². The van der Waals surface area contributed by atoms with E-state index >= 15 is 0 Å². The van der Waals surface area contributed by atoms with Crippen molar-refractivity contribution in [2.24, 2.45) is 0 Å². The first-order chi connectivity index (χ1) is 15.5. The van der Waals surface area contributed by atoms with Crippen molar-refractivity contribution in [2.45, 2.75) is 26.8 Å². The van der Waals surface area contributed by atoms with Crippen LogP contribution in [0.2, 0.25) is 0 Å². The number of pyridine rings is 1. The molecule has 4 aromatic rings. The zero-order valence-corrected chi connectivity index (χ0v) is 18.9. The molecule has 0 aliphatic heterocycles. The molecule has 0 aromatic carbocycles. The fourth-order valence-electron chi connectivity index (χ4n) is 3.14. The fraction of sp³-hybridized carbons (Fsp3) is 0.286. The predicted molar refractivity (Wildman–Crippen MR) is 121 cm³/mol. The third-order valence-corrected chi connectivity index (χ3v) is 4.91. The Morgan fingerprint density at radius 2 is 2.16 bits per heavy atom. The van der Waals surface area contributed by atoms with Gasteiger partial charge in [-0.2, -0.15) is 5.26 Å². The molecule has 4 heterocycles. The van der Waals surface area contributed by atoms with Crippen molar-refractivity contribution in [3.8, 4) is 17.5 Å². The number of methoxy groups -OCH3 is 1. The van der Waals surface area contributed by atoms with Gasteiger partial charge in [0.05, 0.1) is 41.9 Å². The number of rotatable bonds is 6. The van der Waals surface area contributed by atoms with Crippen LogP contribution in [-0.2, 0) is 4.74 Å². The molecule has 4 rings (SSSR count). The Bertz CT molecular complexity index is 1290. The molecule has 1 atom stereocenters. The Balaban J connectivity index is 0.00000141. The molecule has 0 aliphatic rings. The van der Waals surface area contributed by atoms with Gasteiger partial charge in [-0.05, 0) is 19.1 Å². The van der Waals surface area contributed by atoms with Crippen molar-refractivity contribution in [3.05, 3.63) is 48.0 Å². The van der Waals surface area contributed by atoms with Crippen LogP contribution >= 0.6 is 12.3 Å². The summed E-state index contributed by atoms with van der Waals surface area (Å²) in [5.41, 5.74) is 2.85. The van der Waals surface area contributed by atoms with Crippen molar-refractivity contribution in [2.75, 3.05) is 13.7 Å². The molecule has 166 valence electrons. The van der Waals surface area contributed by atoms with Gasteiger partial charge in [-0.3, -0.25) is 9.20 Å². The molecule has 1 unspecified atom stereocenters. The van der Waals surface area contributed by atoms with Crippen LogP contribution in [0.4, 0.5) is 3.89 Å². The molecular formula is C21H22FN7O2S. The molecule has 0 spiro atoms. The molecule has 0 fully saturated rings. The fourth-order valence-corrected chi connectivity index (χ4v) is 3.48. The lowest BCUT2D eigenvalue weighted by Gasteiger charge is -2.11. The molecule has 0 aliphatic carbocycles. The molecule has 0 bridgehead atoms. The summed E-state index contributed by atoms with van der Waals surface area (Å²) in [4.78, 5) is 25.9. The normalized spacial score (nSPS) is 11.6. The number of carbonyl (C=O) groups excluding carboxylic acids is 1. The van der Waals surface area contributed by atoms with Crippen LogP contribution in [0.25, 0.3) is 28.2 Å². The highest BCUT2D eigenvalue weighted by atomic mass is 32.2. The molecule has 4 aromatic heterocycles. The van der Waals surface area contributed by atoms with Gasteiger partial charge in [0, 0.05) is 25.5 Å². The third kappa shape index (κ3) is 4.42. The number of nitriles is 1. The SMILES string of the molecule is CC.COCC(C)NC(=O)c1cn(SF)c2ncc(-c3cnc4cc(C#N)ccn34)nc12. The molecular weight excluding hydrogens is 433 g/mol. The zero-order chi connectivity index (χ0) is 23.3. The first-order valence-electron chi connectivity index (χ1n) is 9.90. The van der Waals surface area contributed by atoms with E-state index in [1.54, 1.807) is 43.0 Å². The van der Waals surface area contributed by atoms with E-state index in [1.807, 2.05) is 13.8 Å². The van der Waals surface area contributed by atoms with Crippen LogP contribution in [-0.4, -0.2) is 49.0 Å². The first kappa shape index (κ1) is 23.2. The highest BCUT2D eigenvalue weighted by molar-refractivity contribution is 7.92. The van der Waals surface area contributed by atoms with Gasteiger partial charge in [0.2, 0.25) is 0 Å². The number of fused-ring (bicyclic) bond motifs is 2. The summed E-state index contributed by atoms with van der Waals surface area (Å²) in [6.45, 7) is 6.14. The lowest BCUT2D eigenvalue weighted by molar-refractivity contribution is 0.0907. The number of imidazole rings is 1. The number of nitrogens with one attached hydrogen (secondary N) is 1. The van der Waals surface area contributed by atoms with Gasteiger partial charge in [-0.15, -0.1) is 3.89 Å². The minimum absolute atomic E-state index is 0.0630. The van der Waals surface area contributed by atoms with Crippen LogP contribution in [0.15, 0.2) is 36.9 Å². The van der Waals surface area contributed by atoms with Crippen LogP contribution in [0.1, 0.15) is 36.7 Å². The number of aromatic nitrogens is 5. The summed E-state index contributed by atoms with van der Waals surface area (Å²) in [6, 6.07) is 5.16. The van der Waals surface area contributed by atoms with E-state index in [9.17, 15) is 8.68 Å². The van der Waals surface area contributed by atoms with Gasteiger partial charge in [-0.25, -0.2) is 18.9 Å². The number of nitrogens with zero attached hydrogens (tertiary/aromatic N) is 6. The van der Waals surface area contributed by atoms with Crippen molar-refractivity contribution < 1.29 is 13.4 Å². The van der Waals surface area contributed by atoms with Crippen molar-refractivity contribution in [1.29, 1.82) is 5.26 Å². The Morgan fingerprint density at radius 3 is 2.84 bits per heavy atom. The Labute approximate surface area is 188 Å². The number of hydrogen-bond donors (Lipinski definition) is 1. The van der Waals surface area contributed by atoms with Gasteiger partial charge < -0.3 is 10.1 Å². The largest absolute Gasteiger partial charge is 0.383 e. The number of hydrogen-bond acceptors (Lipinski definition) is 7.